The number of pyridine rings is 1. The average molecular weight is 288 g/mol. The van der Waals surface area contributed by atoms with Gasteiger partial charge >= 0.3 is 0 Å². The van der Waals surface area contributed by atoms with E-state index >= 15 is 0 Å². The predicted octanol–water partition coefficient (Wildman–Crippen LogP) is 2.85. The van der Waals surface area contributed by atoms with Gasteiger partial charge < -0.3 is 9.64 Å². The molecule has 4 nitrogen and oxygen atoms in total. The summed E-state index contributed by atoms with van der Waals surface area (Å²) in [6.07, 6.45) is 3.55. The molecule has 0 saturated carbocycles. The van der Waals surface area contributed by atoms with E-state index in [1.54, 1.807) is 30.7 Å². The van der Waals surface area contributed by atoms with Crippen LogP contribution in [0.1, 0.15) is 17.3 Å². The van der Waals surface area contributed by atoms with Gasteiger partial charge in [0.05, 0.1) is 18.8 Å². The van der Waals surface area contributed by atoms with Crippen molar-refractivity contribution in [1.29, 1.82) is 0 Å². The van der Waals surface area contributed by atoms with Gasteiger partial charge in [-0.3, -0.25) is 9.78 Å². The highest BCUT2D eigenvalue weighted by molar-refractivity contribution is 7.19. The first-order valence-electron chi connectivity index (χ1n) is 6.63. The largest absolute Gasteiger partial charge is 0.378 e. The number of hydrogen-bond acceptors (Lipinski definition) is 5. The molecule has 0 N–H and O–H groups in total. The highest BCUT2D eigenvalue weighted by Crippen LogP contribution is 2.38. The van der Waals surface area contributed by atoms with E-state index in [4.69, 9.17) is 4.74 Å². The highest BCUT2D eigenvalue weighted by Gasteiger charge is 2.20. The van der Waals surface area contributed by atoms with Crippen molar-refractivity contribution in [3.63, 3.8) is 0 Å². The normalized spacial score (nSPS) is 15.3. The van der Waals surface area contributed by atoms with E-state index in [1.165, 1.54) is 0 Å². The fourth-order valence-corrected chi connectivity index (χ4v) is 3.56. The fourth-order valence-electron chi connectivity index (χ4n) is 2.29. The maximum absolute atomic E-state index is 11.9. The van der Waals surface area contributed by atoms with Gasteiger partial charge in [0.1, 0.15) is 5.00 Å². The number of anilines is 1. The summed E-state index contributed by atoms with van der Waals surface area (Å²) in [5.74, 6) is 0.114. The number of hydrogen-bond donors (Lipinski definition) is 0. The molecule has 5 heteroatoms. The lowest BCUT2D eigenvalue weighted by atomic mass is 10.1. The molecular weight excluding hydrogens is 272 g/mol. The molecule has 0 spiro atoms. The van der Waals surface area contributed by atoms with Crippen LogP contribution >= 0.6 is 11.3 Å². The maximum atomic E-state index is 11.9. The summed E-state index contributed by atoms with van der Waals surface area (Å²) >= 11 is 1.67. The molecule has 0 aliphatic carbocycles. The van der Waals surface area contributed by atoms with E-state index < -0.39 is 0 Å². The third kappa shape index (κ3) is 2.59. The summed E-state index contributed by atoms with van der Waals surface area (Å²) in [5.41, 5.74) is 1.91. The van der Waals surface area contributed by atoms with Crippen molar-refractivity contribution in [3.05, 3.63) is 36.2 Å². The summed E-state index contributed by atoms with van der Waals surface area (Å²) in [5, 5.41) is 1.06. The number of rotatable bonds is 3. The lowest BCUT2D eigenvalue weighted by Gasteiger charge is -2.28. The number of Topliss-reactive ketones (excluding diaryl/α,β-unsaturated/α-hetero) is 1. The Morgan fingerprint density at radius 3 is 2.65 bits per heavy atom. The van der Waals surface area contributed by atoms with Crippen LogP contribution in [0.3, 0.4) is 0 Å². The highest BCUT2D eigenvalue weighted by atomic mass is 32.1. The smallest absolute Gasteiger partial charge is 0.162 e. The second-order valence-corrected chi connectivity index (χ2v) is 5.75. The molecule has 0 amide bonds. The zero-order valence-electron chi connectivity index (χ0n) is 11.3. The van der Waals surface area contributed by atoms with Crippen LogP contribution in [0.4, 0.5) is 5.00 Å². The van der Waals surface area contributed by atoms with Gasteiger partial charge in [-0.25, -0.2) is 0 Å². The van der Waals surface area contributed by atoms with Gasteiger partial charge in [-0.15, -0.1) is 11.3 Å². The molecule has 3 heterocycles. The molecule has 2 aromatic heterocycles. The van der Waals surface area contributed by atoms with Gasteiger partial charge in [0.25, 0.3) is 0 Å². The summed E-state index contributed by atoms with van der Waals surface area (Å²) < 4.78 is 5.38. The van der Waals surface area contributed by atoms with Crippen molar-refractivity contribution in [3.8, 4) is 10.4 Å². The number of ketones is 1. The van der Waals surface area contributed by atoms with Crippen LogP contribution in [-0.4, -0.2) is 37.1 Å². The first kappa shape index (κ1) is 13.3. The minimum atomic E-state index is 0.114. The summed E-state index contributed by atoms with van der Waals surface area (Å²) in [6.45, 7) is 4.76. The van der Waals surface area contributed by atoms with Crippen molar-refractivity contribution in [2.75, 3.05) is 31.2 Å². The van der Waals surface area contributed by atoms with Crippen LogP contribution in [-0.2, 0) is 4.74 Å². The topological polar surface area (TPSA) is 42.4 Å². The van der Waals surface area contributed by atoms with E-state index in [9.17, 15) is 4.79 Å². The van der Waals surface area contributed by atoms with Crippen LogP contribution in [0.2, 0.25) is 0 Å². The van der Waals surface area contributed by atoms with Crippen molar-refractivity contribution < 1.29 is 9.53 Å². The van der Waals surface area contributed by atoms with Crippen molar-refractivity contribution >= 4 is 22.1 Å². The molecule has 3 rings (SSSR count). The Balaban J connectivity index is 2.00. The van der Waals surface area contributed by atoms with Gasteiger partial charge in [-0.05, 0) is 30.7 Å². The summed E-state index contributed by atoms with van der Waals surface area (Å²) in [6, 6.07) is 5.94. The fraction of sp³-hybridized carbons (Fsp3) is 0.333. The van der Waals surface area contributed by atoms with Crippen molar-refractivity contribution in [2.45, 2.75) is 6.92 Å². The molecule has 0 unspecified atom stereocenters. The first-order chi connectivity index (χ1) is 9.75. The van der Waals surface area contributed by atoms with E-state index in [0.717, 1.165) is 47.3 Å². The van der Waals surface area contributed by atoms with Crippen molar-refractivity contribution in [2.24, 2.45) is 0 Å². The van der Waals surface area contributed by atoms with E-state index in [-0.39, 0.29) is 5.78 Å². The molecule has 104 valence electrons. The Morgan fingerprint density at radius 2 is 2.00 bits per heavy atom. The Hall–Kier alpha value is -1.72. The predicted molar refractivity (Wildman–Crippen MR) is 80.6 cm³/mol. The monoisotopic (exact) mass is 288 g/mol. The summed E-state index contributed by atoms with van der Waals surface area (Å²) in [4.78, 5) is 19.3. The molecule has 2 aromatic rings. The molecule has 0 atom stereocenters. The number of nitrogens with zero attached hydrogens (tertiary/aromatic N) is 2. The number of thiophene rings is 1. The van der Waals surface area contributed by atoms with Crippen LogP contribution < -0.4 is 4.90 Å². The molecule has 1 aliphatic rings. The van der Waals surface area contributed by atoms with E-state index in [2.05, 4.69) is 9.88 Å². The quantitative estimate of drug-likeness (QED) is 0.815. The molecular formula is C15H16N2O2S. The third-order valence-electron chi connectivity index (χ3n) is 3.35. The molecule has 1 fully saturated rings. The second kappa shape index (κ2) is 5.73. The van der Waals surface area contributed by atoms with Crippen molar-refractivity contribution in [1.82, 2.24) is 4.98 Å². The number of ether oxygens (including phenoxy) is 1. The Kier molecular flexibility index (Phi) is 3.80. The van der Waals surface area contributed by atoms with Crippen LogP contribution in [0.25, 0.3) is 10.4 Å². The van der Waals surface area contributed by atoms with Gasteiger partial charge in [-0.1, -0.05) is 0 Å². The SMILES string of the molecule is CC(=O)c1cc(-c2ccncc2)sc1N1CCOCC1. The molecule has 0 bridgehead atoms. The molecule has 20 heavy (non-hydrogen) atoms. The molecule has 1 saturated heterocycles. The third-order valence-corrected chi connectivity index (χ3v) is 4.60. The maximum Gasteiger partial charge on any atom is 0.162 e. The van der Waals surface area contributed by atoms with Crippen LogP contribution in [0, 0.1) is 0 Å². The molecule has 0 radical (unpaired) electrons. The molecule has 0 aromatic carbocycles. The van der Waals surface area contributed by atoms with Crippen LogP contribution in [0.5, 0.6) is 0 Å². The number of aromatic nitrogens is 1. The van der Waals surface area contributed by atoms with Crippen LogP contribution in [0.15, 0.2) is 30.6 Å². The van der Waals surface area contributed by atoms with E-state index in [1.807, 2.05) is 18.2 Å². The number of carbonyl (C=O) groups excluding carboxylic acids is 1. The first-order valence-corrected chi connectivity index (χ1v) is 7.45. The Morgan fingerprint density at radius 1 is 1.30 bits per heavy atom. The lowest BCUT2D eigenvalue weighted by Crippen LogP contribution is -2.36. The Labute approximate surface area is 122 Å². The Bertz CT molecular complexity index is 604. The zero-order chi connectivity index (χ0) is 13.9. The minimum absolute atomic E-state index is 0.114. The van der Waals surface area contributed by atoms with Gasteiger partial charge in [0.15, 0.2) is 5.78 Å². The minimum Gasteiger partial charge on any atom is -0.378 e. The average Bonchev–Trinajstić information content (AvgIpc) is 2.94. The number of morpholine rings is 1. The van der Waals surface area contributed by atoms with Gasteiger partial charge in [-0.2, -0.15) is 0 Å². The number of carbonyl (C=O) groups is 1. The van der Waals surface area contributed by atoms with Gasteiger partial charge in [0.2, 0.25) is 0 Å². The lowest BCUT2D eigenvalue weighted by molar-refractivity contribution is 0.101. The van der Waals surface area contributed by atoms with E-state index in [0.29, 0.717) is 0 Å². The zero-order valence-corrected chi connectivity index (χ0v) is 12.2. The molecule has 1 aliphatic heterocycles. The second-order valence-electron chi connectivity index (χ2n) is 4.72. The standard InChI is InChI=1S/C15H16N2O2S/c1-11(18)13-10-14(12-2-4-16-5-3-12)20-15(13)17-6-8-19-9-7-17/h2-5,10H,6-9H2,1H3. The summed E-state index contributed by atoms with van der Waals surface area (Å²) in [7, 11) is 0. The van der Waals surface area contributed by atoms with Gasteiger partial charge in [0, 0.05) is 30.4 Å².